The van der Waals surface area contributed by atoms with Gasteiger partial charge in [0, 0.05) is 29.7 Å². The van der Waals surface area contributed by atoms with Crippen LogP contribution in [0.25, 0.3) is 0 Å². The van der Waals surface area contributed by atoms with Crippen molar-refractivity contribution in [3.8, 4) is 28.7 Å². The maximum atomic E-state index is 12.7. The Labute approximate surface area is 164 Å². The second-order valence-electron chi connectivity index (χ2n) is 6.86. The molecule has 2 aromatic rings. The van der Waals surface area contributed by atoms with Gasteiger partial charge in [-0.15, -0.1) is 0 Å². The molecular formula is C21H16O8. The van der Waals surface area contributed by atoms with Crippen LogP contribution in [0.4, 0.5) is 0 Å². The minimum Gasteiger partial charge on any atom is -0.508 e. The number of phenolic OH excluding ortho intramolecular Hbond substituents is 4. The summed E-state index contributed by atoms with van der Waals surface area (Å²) in [5, 5.41) is 50.6. The lowest BCUT2D eigenvalue weighted by atomic mass is 9.74. The molecule has 2 atom stereocenters. The van der Waals surface area contributed by atoms with Gasteiger partial charge >= 0.3 is 0 Å². The van der Waals surface area contributed by atoms with Crippen LogP contribution >= 0.6 is 0 Å². The molecule has 1 aliphatic carbocycles. The lowest BCUT2D eigenvalue weighted by Gasteiger charge is -2.44. The largest absolute Gasteiger partial charge is 0.508 e. The van der Waals surface area contributed by atoms with E-state index in [0.29, 0.717) is 0 Å². The molecule has 1 heterocycles. The third-order valence-corrected chi connectivity index (χ3v) is 5.06. The number of hydrogen-bond donors (Lipinski definition) is 5. The Morgan fingerprint density at radius 1 is 0.931 bits per heavy atom. The van der Waals surface area contributed by atoms with Crippen LogP contribution in [0.5, 0.6) is 28.7 Å². The number of rotatable bonds is 2. The van der Waals surface area contributed by atoms with Gasteiger partial charge in [0.1, 0.15) is 23.4 Å². The molecule has 0 fully saturated rings. The van der Waals surface area contributed by atoms with Crippen molar-refractivity contribution >= 4 is 11.6 Å². The number of allylic oxidation sites excluding steroid dienone is 3. The molecule has 5 N–H and O–H groups in total. The molecule has 0 saturated heterocycles. The highest BCUT2D eigenvalue weighted by Crippen LogP contribution is 2.49. The van der Waals surface area contributed by atoms with E-state index in [1.807, 2.05) is 0 Å². The smallest absolute Gasteiger partial charge is 0.189 e. The molecule has 0 aromatic heterocycles. The average molecular weight is 396 g/mol. The van der Waals surface area contributed by atoms with Gasteiger partial charge in [-0.1, -0.05) is 6.07 Å². The van der Waals surface area contributed by atoms with E-state index in [9.17, 15) is 35.1 Å². The van der Waals surface area contributed by atoms with E-state index in [1.54, 1.807) is 0 Å². The van der Waals surface area contributed by atoms with Crippen LogP contribution in [0.15, 0.2) is 54.1 Å². The van der Waals surface area contributed by atoms with Gasteiger partial charge in [0.2, 0.25) is 0 Å². The van der Waals surface area contributed by atoms with Crippen molar-refractivity contribution in [1.29, 1.82) is 0 Å². The third-order valence-electron chi connectivity index (χ3n) is 5.06. The summed E-state index contributed by atoms with van der Waals surface area (Å²) in [6, 6.07) is 5.91. The first-order chi connectivity index (χ1) is 13.7. The van der Waals surface area contributed by atoms with Crippen molar-refractivity contribution in [3.63, 3.8) is 0 Å². The zero-order valence-electron chi connectivity index (χ0n) is 14.9. The molecule has 0 spiro atoms. The molecule has 0 amide bonds. The van der Waals surface area contributed by atoms with Crippen LogP contribution in [0.3, 0.4) is 0 Å². The Kier molecular flexibility index (Phi) is 4.09. The van der Waals surface area contributed by atoms with Gasteiger partial charge in [-0.25, -0.2) is 0 Å². The fraction of sp³-hybridized carbons (Fsp3) is 0.143. The second-order valence-corrected chi connectivity index (χ2v) is 6.86. The van der Waals surface area contributed by atoms with Crippen molar-refractivity contribution in [3.05, 3.63) is 65.3 Å². The fourth-order valence-electron chi connectivity index (χ4n) is 3.69. The SMILES string of the molecule is O=C1C=CC(=O)C([C@@]2(c3ccc(O)c(O)c3)Oc3cc(O)cc(O)c3C[C@@H]2O)=C1. The second kappa shape index (κ2) is 6.39. The summed E-state index contributed by atoms with van der Waals surface area (Å²) in [4.78, 5) is 24.6. The van der Waals surface area contributed by atoms with E-state index >= 15 is 0 Å². The van der Waals surface area contributed by atoms with E-state index in [2.05, 4.69) is 0 Å². The first-order valence-corrected chi connectivity index (χ1v) is 8.65. The minimum absolute atomic E-state index is 0.00364. The summed E-state index contributed by atoms with van der Waals surface area (Å²) in [5.74, 6) is -2.65. The molecule has 148 valence electrons. The number of phenols is 4. The van der Waals surface area contributed by atoms with Gasteiger partial charge < -0.3 is 30.3 Å². The highest BCUT2D eigenvalue weighted by molar-refractivity contribution is 6.18. The third kappa shape index (κ3) is 2.81. The summed E-state index contributed by atoms with van der Waals surface area (Å²) < 4.78 is 5.99. The first kappa shape index (κ1) is 18.6. The van der Waals surface area contributed by atoms with E-state index in [0.717, 1.165) is 36.4 Å². The molecule has 0 radical (unpaired) electrons. The molecule has 1 aliphatic heterocycles. The summed E-state index contributed by atoms with van der Waals surface area (Å²) in [6.07, 6.45) is 1.53. The summed E-state index contributed by atoms with van der Waals surface area (Å²) >= 11 is 0. The summed E-state index contributed by atoms with van der Waals surface area (Å²) in [7, 11) is 0. The zero-order chi connectivity index (χ0) is 20.9. The van der Waals surface area contributed by atoms with Crippen molar-refractivity contribution in [2.75, 3.05) is 0 Å². The number of carbonyl (C=O) groups is 2. The van der Waals surface area contributed by atoms with Crippen LogP contribution in [0.1, 0.15) is 11.1 Å². The lowest BCUT2D eigenvalue weighted by Crippen LogP contribution is -2.52. The number of benzene rings is 2. The van der Waals surface area contributed by atoms with Gasteiger partial charge in [-0.3, -0.25) is 9.59 Å². The summed E-state index contributed by atoms with van der Waals surface area (Å²) in [6.45, 7) is 0. The molecule has 8 heteroatoms. The lowest BCUT2D eigenvalue weighted by molar-refractivity contribution is -0.119. The van der Waals surface area contributed by atoms with Gasteiger partial charge in [0.25, 0.3) is 0 Å². The number of aliphatic hydroxyl groups is 1. The maximum Gasteiger partial charge on any atom is 0.189 e. The normalized spacial score (nSPS) is 23.3. The van der Waals surface area contributed by atoms with E-state index < -0.39 is 34.8 Å². The van der Waals surface area contributed by atoms with Crippen LogP contribution in [-0.2, 0) is 21.6 Å². The molecular weight excluding hydrogens is 380 g/mol. The average Bonchev–Trinajstić information content (AvgIpc) is 2.66. The van der Waals surface area contributed by atoms with Crippen molar-refractivity contribution in [2.45, 2.75) is 18.1 Å². The Bertz CT molecular complexity index is 1110. The van der Waals surface area contributed by atoms with Crippen molar-refractivity contribution in [1.82, 2.24) is 0 Å². The van der Waals surface area contributed by atoms with Crippen molar-refractivity contribution in [2.24, 2.45) is 0 Å². The fourth-order valence-corrected chi connectivity index (χ4v) is 3.69. The molecule has 0 unspecified atom stereocenters. The van der Waals surface area contributed by atoms with Crippen LogP contribution in [-0.4, -0.2) is 43.2 Å². The molecule has 2 aromatic carbocycles. The number of fused-ring (bicyclic) bond motifs is 1. The predicted molar refractivity (Wildman–Crippen MR) is 98.8 cm³/mol. The van der Waals surface area contributed by atoms with Crippen LogP contribution in [0.2, 0.25) is 0 Å². The molecule has 8 nitrogen and oxygen atoms in total. The van der Waals surface area contributed by atoms with Gasteiger partial charge in [0.15, 0.2) is 28.7 Å². The standard InChI is InChI=1S/C21H16O8/c22-11-2-4-15(24)14(6-11)21(10-1-3-16(25)18(27)5-10)20(28)9-13-17(26)7-12(23)8-19(13)29-21/h1-8,20,23,25-28H,9H2/t20-,21+/m0/s1. The zero-order valence-corrected chi connectivity index (χ0v) is 14.9. The van der Waals surface area contributed by atoms with E-state index in [-0.39, 0.29) is 40.4 Å². The van der Waals surface area contributed by atoms with Gasteiger partial charge in [-0.05, 0) is 30.4 Å². The van der Waals surface area contributed by atoms with E-state index in [1.165, 1.54) is 12.1 Å². The predicted octanol–water partition coefficient (Wildman–Crippen LogP) is 1.33. The number of aliphatic hydroxyl groups excluding tert-OH is 1. The number of hydrogen-bond acceptors (Lipinski definition) is 8. The molecule has 2 aliphatic rings. The molecule has 0 saturated carbocycles. The molecule has 0 bridgehead atoms. The monoisotopic (exact) mass is 396 g/mol. The van der Waals surface area contributed by atoms with Crippen LogP contribution < -0.4 is 4.74 Å². The van der Waals surface area contributed by atoms with E-state index in [4.69, 9.17) is 4.74 Å². The quantitative estimate of drug-likeness (QED) is 0.378. The number of aromatic hydroxyl groups is 4. The summed E-state index contributed by atoms with van der Waals surface area (Å²) in [5.41, 5.74) is -1.82. The molecule has 29 heavy (non-hydrogen) atoms. The number of ketones is 2. The number of ether oxygens (including phenoxy) is 1. The highest BCUT2D eigenvalue weighted by atomic mass is 16.5. The topological polar surface area (TPSA) is 145 Å². The van der Waals surface area contributed by atoms with Gasteiger partial charge in [0.05, 0.1) is 5.57 Å². The first-order valence-electron chi connectivity index (χ1n) is 8.65. The Morgan fingerprint density at radius 3 is 2.41 bits per heavy atom. The Balaban J connectivity index is 2.00. The van der Waals surface area contributed by atoms with Crippen LogP contribution in [0, 0.1) is 0 Å². The minimum atomic E-state index is -1.93. The highest BCUT2D eigenvalue weighted by Gasteiger charge is 2.52. The molecule has 4 rings (SSSR count). The Hall–Kier alpha value is -3.78. The van der Waals surface area contributed by atoms with Gasteiger partial charge in [-0.2, -0.15) is 0 Å². The number of carbonyl (C=O) groups excluding carboxylic acids is 2. The maximum absolute atomic E-state index is 12.7. The van der Waals surface area contributed by atoms with Crippen molar-refractivity contribution < 1.29 is 39.9 Å². The Morgan fingerprint density at radius 2 is 1.69 bits per heavy atom.